The zero-order valence-corrected chi connectivity index (χ0v) is 14.1. The SMILES string of the molecule is COc1cccc2c1COc1ccc3c(c1C2=O)C(=O)C[C@](C)(O)C3. The zero-order valence-electron chi connectivity index (χ0n) is 14.1. The fraction of sp³-hybridized carbons (Fsp3) is 0.300. The van der Waals surface area contributed by atoms with Crippen LogP contribution in [-0.2, 0) is 13.0 Å². The first-order chi connectivity index (χ1) is 11.9. The maximum atomic E-state index is 13.2. The molecule has 0 bridgehead atoms. The molecule has 2 aromatic rings. The Hall–Kier alpha value is -2.66. The molecule has 5 nitrogen and oxygen atoms in total. The second-order valence-electron chi connectivity index (χ2n) is 6.85. The molecule has 0 amide bonds. The average Bonchev–Trinajstić information content (AvgIpc) is 2.71. The van der Waals surface area contributed by atoms with Crippen molar-refractivity contribution in [3.05, 3.63) is 58.1 Å². The van der Waals surface area contributed by atoms with Gasteiger partial charge in [-0.25, -0.2) is 0 Å². The van der Waals surface area contributed by atoms with Crippen LogP contribution in [0.4, 0.5) is 0 Å². The Balaban J connectivity index is 1.94. The molecule has 0 saturated heterocycles. The molecule has 0 saturated carbocycles. The van der Waals surface area contributed by atoms with Crippen LogP contribution in [-0.4, -0.2) is 29.4 Å². The number of methoxy groups -OCH3 is 1. The van der Waals surface area contributed by atoms with Crippen LogP contribution in [0.15, 0.2) is 30.3 Å². The normalized spacial score (nSPS) is 21.6. The van der Waals surface area contributed by atoms with Gasteiger partial charge in [0.25, 0.3) is 0 Å². The molecule has 2 aromatic carbocycles. The molecule has 0 fully saturated rings. The number of aliphatic hydroxyl groups is 1. The lowest BCUT2D eigenvalue weighted by atomic mass is 9.77. The van der Waals surface area contributed by atoms with Gasteiger partial charge in [-0.2, -0.15) is 0 Å². The molecular formula is C20H18O5. The van der Waals surface area contributed by atoms with E-state index < -0.39 is 5.60 Å². The van der Waals surface area contributed by atoms with Crippen molar-refractivity contribution in [2.24, 2.45) is 0 Å². The number of carbonyl (C=O) groups excluding carboxylic acids is 2. The maximum Gasteiger partial charge on any atom is 0.198 e. The number of benzene rings is 2. The molecule has 25 heavy (non-hydrogen) atoms. The Morgan fingerprint density at radius 1 is 1.12 bits per heavy atom. The van der Waals surface area contributed by atoms with Crippen LogP contribution in [0, 0.1) is 0 Å². The van der Waals surface area contributed by atoms with E-state index in [-0.39, 0.29) is 24.6 Å². The van der Waals surface area contributed by atoms with Gasteiger partial charge in [0.2, 0.25) is 0 Å². The van der Waals surface area contributed by atoms with Crippen molar-refractivity contribution in [1.82, 2.24) is 0 Å². The minimum atomic E-state index is -1.09. The first kappa shape index (κ1) is 15.8. The van der Waals surface area contributed by atoms with Crippen molar-refractivity contribution in [3.63, 3.8) is 0 Å². The summed E-state index contributed by atoms with van der Waals surface area (Å²) in [6, 6.07) is 8.73. The van der Waals surface area contributed by atoms with Crippen molar-refractivity contribution >= 4 is 11.6 Å². The summed E-state index contributed by atoms with van der Waals surface area (Å²) in [5, 5.41) is 10.3. The summed E-state index contributed by atoms with van der Waals surface area (Å²) in [4.78, 5) is 25.9. The summed E-state index contributed by atoms with van der Waals surface area (Å²) in [6.45, 7) is 1.83. The van der Waals surface area contributed by atoms with E-state index in [0.29, 0.717) is 45.7 Å². The monoisotopic (exact) mass is 338 g/mol. The molecule has 128 valence electrons. The standard InChI is InChI=1S/C20H18O5/c1-20(23)8-11-6-7-16-18(17(11)14(21)9-20)19(22)12-4-3-5-15(24-2)13(12)10-25-16/h3-7,23H,8-10H2,1-2H3/t20-/m1/s1. The summed E-state index contributed by atoms with van der Waals surface area (Å²) in [6.07, 6.45) is 0.328. The van der Waals surface area contributed by atoms with E-state index in [2.05, 4.69) is 0 Å². The quantitative estimate of drug-likeness (QED) is 0.865. The van der Waals surface area contributed by atoms with Crippen molar-refractivity contribution < 1.29 is 24.2 Å². The Bertz CT molecular complexity index is 911. The summed E-state index contributed by atoms with van der Waals surface area (Å²) >= 11 is 0. The van der Waals surface area contributed by atoms with E-state index in [1.165, 1.54) is 0 Å². The van der Waals surface area contributed by atoms with E-state index in [1.807, 2.05) is 0 Å². The Morgan fingerprint density at radius 2 is 1.92 bits per heavy atom. The topological polar surface area (TPSA) is 72.8 Å². The highest BCUT2D eigenvalue weighted by atomic mass is 16.5. The lowest BCUT2D eigenvalue weighted by molar-refractivity contribution is 0.0408. The molecule has 4 rings (SSSR count). The number of Topliss-reactive ketones (excluding diaryl/α,β-unsaturated/α-hetero) is 1. The summed E-state index contributed by atoms with van der Waals surface area (Å²) in [7, 11) is 1.55. The van der Waals surface area contributed by atoms with E-state index in [4.69, 9.17) is 9.47 Å². The van der Waals surface area contributed by atoms with Crippen LogP contribution in [0.5, 0.6) is 11.5 Å². The number of hydrogen-bond acceptors (Lipinski definition) is 5. The largest absolute Gasteiger partial charge is 0.496 e. The van der Waals surface area contributed by atoms with Crippen molar-refractivity contribution in [3.8, 4) is 11.5 Å². The number of fused-ring (bicyclic) bond motifs is 4. The van der Waals surface area contributed by atoms with Crippen molar-refractivity contribution in [2.75, 3.05) is 7.11 Å². The molecule has 1 atom stereocenters. The minimum absolute atomic E-state index is 0.00526. The van der Waals surface area contributed by atoms with Gasteiger partial charge in [-0.1, -0.05) is 18.2 Å². The molecule has 1 N–H and O–H groups in total. The molecule has 2 aliphatic rings. The summed E-state index contributed by atoms with van der Waals surface area (Å²) < 4.78 is 11.2. The molecule has 0 aromatic heterocycles. The highest BCUT2D eigenvalue weighted by Gasteiger charge is 2.38. The third-order valence-electron chi connectivity index (χ3n) is 4.84. The number of ether oxygens (including phenoxy) is 2. The number of hydrogen-bond donors (Lipinski definition) is 1. The first-order valence-corrected chi connectivity index (χ1v) is 8.16. The highest BCUT2D eigenvalue weighted by molar-refractivity contribution is 6.19. The predicted octanol–water partition coefficient (Wildman–Crippen LogP) is 2.70. The first-order valence-electron chi connectivity index (χ1n) is 8.16. The van der Waals surface area contributed by atoms with Gasteiger partial charge in [0.1, 0.15) is 18.1 Å². The van der Waals surface area contributed by atoms with E-state index >= 15 is 0 Å². The van der Waals surface area contributed by atoms with Gasteiger partial charge in [-0.3, -0.25) is 9.59 Å². The van der Waals surface area contributed by atoms with Crippen LogP contribution in [0.2, 0.25) is 0 Å². The molecule has 0 unspecified atom stereocenters. The van der Waals surface area contributed by atoms with Crippen LogP contribution >= 0.6 is 0 Å². The van der Waals surface area contributed by atoms with Gasteiger partial charge < -0.3 is 14.6 Å². The summed E-state index contributed by atoms with van der Waals surface area (Å²) in [5.41, 5.74) is 1.43. The van der Waals surface area contributed by atoms with Crippen LogP contribution in [0.25, 0.3) is 0 Å². The Labute approximate surface area is 145 Å². The number of ketones is 2. The van der Waals surface area contributed by atoms with E-state index in [1.54, 1.807) is 44.4 Å². The predicted molar refractivity (Wildman–Crippen MR) is 90.5 cm³/mol. The molecule has 1 aliphatic carbocycles. The summed E-state index contributed by atoms with van der Waals surface area (Å²) in [5.74, 6) is 0.512. The van der Waals surface area contributed by atoms with Crippen LogP contribution < -0.4 is 9.47 Å². The zero-order chi connectivity index (χ0) is 17.8. The highest BCUT2D eigenvalue weighted by Crippen LogP contribution is 2.39. The molecule has 0 radical (unpaired) electrons. The molecular weight excluding hydrogens is 320 g/mol. The van der Waals surface area contributed by atoms with Gasteiger partial charge >= 0.3 is 0 Å². The fourth-order valence-electron chi connectivity index (χ4n) is 3.75. The third-order valence-corrected chi connectivity index (χ3v) is 4.84. The maximum absolute atomic E-state index is 13.2. The smallest absolute Gasteiger partial charge is 0.198 e. The van der Waals surface area contributed by atoms with Gasteiger partial charge in [-0.05, 0) is 24.6 Å². The Kier molecular flexibility index (Phi) is 3.44. The van der Waals surface area contributed by atoms with Crippen LogP contribution in [0.1, 0.15) is 50.8 Å². The van der Waals surface area contributed by atoms with E-state index in [9.17, 15) is 14.7 Å². The number of rotatable bonds is 1. The molecule has 1 heterocycles. The fourth-order valence-corrected chi connectivity index (χ4v) is 3.75. The van der Waals surface area contributed by atoms with Gasteiger partial charge in [0, 0.05) is 29.5 Å². The minimum Gasteiger partial charge on any atom is -0.496 e. The van der Waals surface area contributed by atoms with Crippen LogP contribution in [0.3, 0.4) is 0 Å². The molecule has 5 heteroatoms. The van der Waals surface area contributed by atoms with Gasteiger partial charge in [0.05, 0.1) is 18.3 Å². The van der Waals surface area contributed by atoms with Gasteiger partial charge in [0.15, 0.2) is 11.6 Å². The molecule has 1 aliphatic heterocycles. The third kappa shape index (κ3) is 2.43. The Morgan fingerprint density at radius 3 is 2.68 bits per heavy atom. The van der Waals surface area contributed by atoms with Gasteiger partial charge in [-0.15, -0.1) is 0 Å². The lowest BCUT2D eigenvalue weighted by Gasteiger charge is -2.30. The average molecular weight is 338 g/mol. The van der Waals surface area contributed by atoms with Crippen molar-refractivity contribution in [2.45, 2.75) is 32.0 Å². The number of carbonyl (C=O) groups is 2. The van der Waals surface area contributed by atoms with Crippen molar-refractivity contribution in [1.29, 1.82) is 0 Å². The van der Waals surface area contributed by atoms with E-state index in [0.717, 1.165) is 0 Å². The lowest BCUT2D eigenvalue weighted by Crippen LogP contribution is -2.36. The second-order valence-corrected chi connectivity index (χ2v) is 6.85. The second kappa shape index (κ2) is 5.43. The molecule has 0 spiro atoms.